The second-order valence-corrected chi connectivity index (χ2v) is 13.9. The van der Waals surface area contributed by atoms with E-state index in [9.17, 15) is 203 Å². The van der Waals surface area contributed by atoms with Crippen LogP contribution in [0.1, 0.15) is 0 Å². The highest BCUT2D eigenvalue weighted by Crippen LogP contribution is 2.66. The maximum absolute atomic E-state index is 15.0. The van der Waals surface area contributed by atoms with E-state index >= 15 is 0 Å². The van der Waals surface area contributed by atoms with Gasteiger partial charge in [-0.1, -0.05) is 0 Å². The van der Waals surface area contributed by atoms with E-state index in [4.69, 9.17) is 0 Å². The van der Waals surface area contributed by atoms with Gasteiger partial charge in [-0.2, -0.15) is 193 Å². The fourth-order valence-electron chi connectivity index (χ4n) is 4.64. The number of rotatable bonds is 16. The predicted molar refractivity (Wildman–Crippen MR) is 148 cm³/mol. The Kier molecular flexibility index (Phi) is 16.9. The molecule has 0 N–H and O–H groups in total. The summed E-state index contributed by atoms with van der Waals surface area (Å²) < 4.78 is 605. The van der Waals surface area contributed by atoms with E-state index in [0.717, 1.165) is 0 Å². The van der Waals surface area contributed by atoms with Gasteiger partial charge in [-0.05, 0) is 24.3 Å². The van der Waals surface area contributed by atoms with E-state index in [1.165, 1.54) is 0 Å². The van der Waals surface area contributed by atoms with Gasteiger partial charge in [-0.15, -0.1) is 0 Å². The highest BCUT2D eigenvalue weighted by atomic mass is 19.5. The van der Waals surface area contributed by atoms with Crippen LogP contribution in [0.25, 0.3) is 0 Å². The average Bonchev–Trinajstić information content (AvgIpc) is 3.17. The first-order valence-corrected chi connectivity index (χ1v) is 16.7. The van der Waals surface area contributed by atoms with Gasteiger partial charge in [-0.25, -0.2) is 19.4 Å². The zero-order valence-electron chi connectivity index (χ0n) is 33.5. The molecule has 1 aromatic carbocycles. The molecular weight excluding hydrogens is 1260 g/mol. The molecule has 0 saturated heterocycles. The number of hydrogen-bond acceptors (Lipinski definition) is 4. The predicted octanol–water partition coefficient (Wildman–Crippen LogP) is 15.8. The van der Waals surface area contributed by atoms with Gasteiger partial charge in [0.15, 0.2) is 0 Å². The van der Waals surface area contributed by atoms with Gasteiger partial charge < -0.3 is 9.47 Å². The van der Waals surface area contributed by atoms with Gasteiger partial charge >= 0.3 is 132 Å². The van der Waals surface area contributed by atoms with Crippen LogP contribution in [0.15, 0.2) is 24.3 Å². The number of carbonyl (C=O) groups excluding carboxylic acids is 2. The van der Waals surface area contributed by atoms with Crippen LogP contribution in [0.3, 0.4) is 0 Å². The van der Waals surface area contributed by atoms with E-state index in [-0.39, 0.29) is 0 Å². The number of benzene rings is 1. The SMILES string of the molecule is O=C(OC(F)(C(F)(F)F)C(F)(F)C(F)(F)C(F)(F)C(F)(F)C(F)(F)C(F)(F)F)N(c1ccc(N(C(=O)OC(F)(C(F)(F)F)C(F)(F)C(F)(F)C(F)(F)C(F)(F)C(F)(F)C(F)(F)F)C(F)(F)C(F)(F)F)cc1)C(F)(F)C(F)(F)F. The van der Waals surface area contributed by atoms with Gasteiger partial charge in [-0.3, -0.25) is 0 Å². The van der Waals surface area contributed by atoms with Crippen LogP contribution < -0.4 is 9.80 Å². The summed E-state index contributed by atoms with van der Waals surface area (Å²) in [5, 5.41) is 0. The molecule has 0 aliphatic carbocycles. The van der Waals surface area contributed by atoms with Crippen LogP contribution in [0.4, 0.5) is 214 Å². The van der Waals surface area contributed by atoms with Crippen molar-refractivity contribution < 1.29 is 212 Å². The molecule has 2 unspecified atom stereocenters. The van der Waals surface area contributed by atoms with Gasteiger partial charge in [0.1, 0.15) is 0 Å². The molecule has 50 heteroatoms. The molecule has 0 radical (unpaired) electrons. The molecule has 2 atom stereocenters. The van der Waals surface area contributed by atoms with E-state index in [1.807, 2.05) is 0 Å². The number of ether oxygens (including phenoxy) is 2. The lowest BCUT2D eigenvalue weighted by atomic mass is 9.90. The number of nitrogens with zero attached hydrogens (tertiary/aromatic N) is 2. The Balaban J connectivity index is 4.45. The van der Waals surface area contributed by atoms with Crippen molar-refractivity contribution in [2.45, 2.75) is 120 Å². The lowest BCUT2D eigenvalue weighted by Crippen LogP contribution is -2.76. The Labute approximate surface area is 391 Å². The van der Waals surface area contributed by atoms with Crippen LogP contribution >= 0.6 is 0 Å². The third kappa shape index (κ3) is 9.85. The Morgan fingerprint density at radius 3 is 0.564 bits per heavy atom. The summed E-state index contributed by atoms with van der Waals surface area (Å²) in [6.45, 7) is 0. The van der Waals surface area contributed by atoms with Gasteiger partial charge in [0, 0.05) is 0 Å². The van der Waals surface area contributed by atoms with Crippen molar-refractivity contribution in [2.24, 2.45) is 0 Å². The number of amides is 2. The summed E-state index contributed by atoms with van der Waals surface area (Å²) in [4.78, 5) is 17.4. The minimum atomic E-state index is -9.76. The maximum Gasteiger partial charge on any atom is 0.476 e. The normalized spacial score (nSPS) is 17.3. The van der Waals surface area contributed by atoms with Crippen molar-refractivity contribution in [1.29, 1.82) is 0 Å². The Morgan fingerprint density at radius 1 is 0.244 bits per heavy atom. The molecule has 0 aliphatic heterocycles. The summed E-state index contributed by atoms with van der Waals surface area (Å²) in [5.74, 6) is -113. The molecule has 2 amide bonds. The summed E-state index contributed by atoms with van der Waals surface area (Å²) in [6, 6.07) is -23.2. The third-order valence-electron chi connectivity index (χ3n) is 8.83. The molecule has 1 aromatic rings. The number of alkyl halides is 44. The Morgan fingerprint density at radius 2 is 0.410 bits per heavy atom. The first kappa shape index (κ1) is 70.7. The number of carbonyl (C=O) groups is 2. The minimum Gasteiger partial charge on any atom is -0.397 e. The average molecular weight is 1270 g/mol. The fraction of sp³-hybridized carbons (Fsp3) is 0.714. The van der Waals surface area contributed by atoms with Crippen molar-refractivity contribution in [1.82, 2.24) is 0 Å². The molecule has 0 spiro atoms. The van der Waals surface area contributed by atoms with E-state index in [0.29, 0.717) is 0 Å². The van der Waals surface area contributed by atoms with Crippen molar-refractivity contribution >= 4 is 23.6 Å². The largest absolute Gasteiger partial charge is 0.476 e. The third-order valence-corrected chi connectivity index (χ3v) is 8.83. The smallest absolute Gasteiger partial charge is 0.397 e. The maximum atomic E-state index is 15.0. The van der Waals surface area contributed by atoms with Gasteiger partial charge in [0.2, 0.25) is 0 Å². The lowest BCUT2D eigenvalue weighted by molar-refractivity contribution is -0.476. The second kappa shape index (κ2) is 18.6. The minimum absolute atomic E-state index is 1.62. The molecule has 458 valence electrons. The summed E-state index contributed by atoms with van der Waals surface area (Å²) in [7, 11) is 0. The van der Waals surface area contributed by atoms with Crippen LogP contribution in [0, 0.1) is 0 Å². The monoisotopic (exact) mass is 1270 g/mol. The highest BCUT2D eigenvalue weighted by Gasteiger charge is 2.98. The van der Waals surface area contributed by atoms with Crippen LogP contribution in [0.2, 0.25) is 0 Å². The van der Waals surface area contributed by atoms with E-state index < -0.39 is 178 Å². The van der Waals surface area contributed by atoms with Gasteiger partial charge in [0.05, 0.1) is 11.4 Å². The Hall–Kier alpha value is -5.32. The molecule has 6 nitrogen and oxygen atoms in total. The van der Waals surface area contributed by atoms with Crippen molar-refractivity contribution in [3.05, 3.63) is 24.3 Å². The van der Waals surface area contributed by atoms with Gasteiger partial charge in [0.25, 0.3) is 0 Å². The standard InChI is InChI=1S/C28H4F44N2O4/c29-9(30,13(37,38)17(45,46)21(51,52)53)11(33,34)15(41,42)19(49,23(57,58)59)77-7(75)73(27(69,70)25(63,64)65)5-1-2-6(4-3-5)74(28(71,72)26(66,67)68)8(76)78-20(50,24(60,61)62)16(43,44)12(35,36)10(31,32)14(39,40)18(47,48)22(54,55)56/h1-4H. The van der Waals surface area contributed by atoms with Crippen molar-refractivity contribution in [2.75, 3.05) is 9.80 Å². The molecule has 1 rings (SSSR count). The summed E-state index contributed by atoms with van der Waals surface area (Å²) in [6.07, 6.45) is -61.8. The molecule has 78 heavy (non-hydrogen) atoms. The Bertz CT molecular complexity index is 2170. The number of halogens is 44. The molecule has 0 saturated carbocycles. The van der Waals surface area contributed by atoms with Crippen molar-refractivity contribution in [3.63, 3.8) is 0 Å². The number of hydrogen-bond donors (Lipinski definition) is 0. The quantitative estimate of drug-likeness (QED) is 0.122. The van der Waals surface area contributed by atoms with Crippen molar-refractivity contribution in [3.8, 4) is 0 Å². The highest BCUT2D eigenvalue weighted by molar-refractivity contribution is 5.92. The first-order valence-electron chi connectivity index (χ1n) is 16.7. The first-order chi connectivity index (χ1) is 33.2. The second-order valence-electron chi connectivity index (χ2n) is 13.9. The van der Waals surface area contributed by atoms with Crippen LogP contribution in [-0.2, 0) is 9.47 Å². The number of anilines is 2. The van der Waals surface area contributed by atoms with E-state index in [2.05, 4.69) is 0 Å². The van der Waals surface area contributed by atoms with E-state index in [1.54, 1.807) is 9.47 Å². The molecular formula is C28H4F44N2O4. The summed E-state index contributed by atoms with van der Waals surface area (Å²) in [5.41, 5.74) is -7.06. The molecule has 0 fully saturated rings. The lowest BCUT2D eigenvalue weighted by Gasteiger charge is -2.44. The zero-order chi connectivity index (χ0) is 63.7. The molecule has 0 aliphatic rings. The zero-order valence-corrected chi connectivity index (χ0v) is 33.5. The molecule has 0 bridgehead atoms. The topological polar surface area (TPSA) is 59.1 Å². The fourth-order valence-corrected chi connectivity index (χ4v) is 4.64. The van der Waals surface area contributed by atoms with Crippen LogP contribution in [0.5, 0.6) is 0 Å². The van der Waals surface area contributed by atoms with Crippen LogP contribution in [-0.4, -0.2) is 132 Å². The summed E-state index contributed by atoms with van der Waals surface area (Å²) >= 11 is 0. The molecule has 0 heterocycles. The molecule has 0 aromatic heterocycles.